The van der Waals surface area contributed by atoms with Gasteiger partial charge in [-0.1, -0.05) is 32.0 Å². The van der Waals surface area contributed by atoms with Crippen LogP contribution in [-0.4, -0.2) is 75.7 Å². The Labute approximate surface area is 226 Å². The number of carbonyl (C=O) groups is 4. The molecule has 12 heteroatoms. The largest absolute Gasteiger partial charge is 0.480 e. The number of aromatic amines is 1. The van der Waals surface area contributed by atoms with Gasteiger partial charge in [-0.3, -0.25) is 14.4 Å². The molecule has 0 spiro atoms. The van der Waals surface area contributed by atoms with Crippen molar-refractivity contribution in [1.29, 1.82) is 0 Å². The van der Waals surface area contributed by atoms with Crippen molar-refractivity contribution in [3.8, 4) is 0 Å². The predicted octanol–water partition coefficient (Wildman–Crippen LogP) is 1.31. The monoisotopic (exact) mass is 551 g/mol. The first-order valence-corrected chi connectivity index (χ1v) is 14.1. The van der Waals surface area contributed by atoms with Crippen molar-refractivity contribution in [2.24, 2.45) is 11.7 Å². The first-order chi connectivity index (χ1) is 17.6. The van der Waals surface area contributed by atoms with E-state index in [1.807, 2.05) is 50.6 Å². The molecule has 37 heavy (non-hydrogen) atoms. The number of hydrogen-bond donors (Lipinski definition) is 7. The van der Waals surface area contributed by atoms with Crippen LogP contribution >= 0.6 is 24.4 Å². The Kier molecular flexibility index (Phi) is 12.3. The quantitative estimate of drug-likeness (QED) is 0.164. The standard InChI is InChI=1S/C25H37N5O5S2/c1-14(2)10-20(25(34)35)29-24(33)21(13-36)30-23(32)19(8-9-37-3)28-22(31)17(26)11-15-12-27-18-7-5-4-6-16(15)18/h4-7,12,14,17,19-21,27,36H,8-11,13,26H2,1-3H3,(H,28,31)(H,29,33)(H,30,32)(H,34,35). The third-order valence-corrected chi connectivity index (χ3v) is 6.84. The number of nitrogens with two attached hydrogens (primary N) is 1. The molecule has 0 saturated heterocycles. The summed E-state index contributed by atoms with van der Waals surface area (Å²) in [5.41, 5.74) is 8.01. The van der Waals surface area contributed by atoms with E-state index in [2.05, 4.69) is 33.6 Å². The van der Waals surface area contributed by atoms with Gasteiger partial charge >= 0.3 is 5.97 Å². The van der Waals surface area contributed by atoms with E-state index in [1.165, 1.54) is 11.8 Å². The number of amides is 3. The number of thioether (sulfide) groups is 1. The van der Waals surface area contributed by atoms with Gasteiger partial charge in [0.05, 0.1) is 6.04 Å². The van der Waals surface area contributed by atoms with Crippen LogP contribution in [0.4, 0.5) is 0 Å². The number of nitrogens with one attached hydrogen (secondary N) is 4. The maximum Gasteiger partial charge on any atom is 0.326 e. The fourth-order valence-corrected chi connectivity index (χ4v) is 4.57. The molecule has 0 aliphatic carbocycles. The zero-order chi connectivity index (χ0) is 27.5. The smallest absolute Gasteiger partial charge is 0.326 e. The molecule has 0 fully saturated rings. The van der Waals surface area contributed by atoms with Gasteiger partial charge < -0.3 is 31.8 Å². The van der Waals surface area contributed by atoms with E-state index in [-0.39, 0.29) is 24.5 Å². The van der Waals surface area contributed by atoms with Crippen molar-refractivity contribution in [1.82, 2.24) is 20.9 Å². The number of rotatable bonds is 15. The zero-order valence-electron chi connectivity index (χ0n) is 21.3. The lowest BCUT2D eigenvalue weighted by Gasteiger charge is -2.24. The van der Waals surface area contributed by atoms with Gasteiger partial charge in [-0.15, -0.1) is 0 Å². The molecule has 3 amide bonds. The van der Waals surface area contributed by atoms with Crippen molar-refractivity contribution in [3.05, 3.63) is 36.0 Å². The number of aromatic nitrogens is 1. The Balaban J connectivity index is 2.04. The van der Waals surface area contributed by atoms with Gasteiger partial charge in [-0.05, 0) is 48.8 Å². The Hall–Kier alpha value is -2.70. The molecular formula is C25H37N5O5S2. The highest BCUT2D eigenvalue weighted by atomic mass is 32.2. The second-order valence-electron chi connectivity index (χ2n) is 9.29. The molecule has 0 aliphatic rings. The Morgan fingerprint density at radius 3 is 2.27 bits per heavy atom. The number of benzene rings is 1. The van der Waals surface area contributed by atoms with Gasteiger partial charge in [-0.25, -0.2) is 4.79 Å². The molecule has 0 bridgehead atoms. The van der Waals surface area contributed by atoms with Crippen molar-refractivity contribution in [2.75, 3.05) is 17.8 Å². The predicted molar refractivity (Wildman–Crippen MR) is 150 cm³/mol. The van der Waals surface area contributed by atoms with Crippen LogP contribution in [0.1, 0.15) is 32.3 Å². The number of aliphatic carboxylic acids is 1. The summed E-state index contributed by atoms with van der Waals surface area (Å²) in [7, 11) is 0. The minimum atomic E-state index is -1.15. The molecule has 1 aromatic heterocycles. The summed E-state index contributed by atoms with van der Waals surface area (Å²) in [6.07, 6.45) is 4.54. The average Bonchev–Trinajstić information content (AvgIpc) is 3.26. The lowest BCUT2D eigenvalue weighted by Crippen LogP contribution is -2.58. The Bertz CT molecular complexity index is 1080. The van der Waals surface area contributed by atoms with Crippen LogP contribution < -0.4 is 21.7 Å². The lowest BCUT2D eigenvalue weighted by atomic mass is 10.0. The van der Waals surface area contributed by atoms with Gasteiger partial charge in [0.2, 0.25) is 17.7 Å². The van der Waals surface area contributed by atoms with Crippen LogP contribution in [0, 0.1) is 5.92 Å². The molecule has 0 saturated carbocycles. The normalized spacial score (nSPS) is 14.5. The topological polar surface area (TPSA) is 166 Å². The number of carboxylic acid groups (broad SMARTS) is 1. The molecule has 4 unspecified atom stereocenters. The number of H-pyrrole nitrogens is 1. The van der Waals surface area contributed by atoms with Crippen LogP contribution in [0.3, 0.4) is 0 Å². The molecule has 2 aromatic rings. The lowest BCUT2D eigenvalue weighted by molar-refractivity contribution is -0.142. The summed E-state index contributed by atoms with van der Waals surface area (Å²) >= 11 is 5.67. The van der Waals surface area contributed by atoms with Crippen molar-refractivity contribution < 1.29 is 24.3 Å². The first-order valence-electron chi connectivity index (χ1n) is 12.1. The van der Waals surface area contributed by atoms with Gasteiger partial charge in [0.25, 0.3) is 0 Å². The Morgan fingerprint density at radius 2 is 1.65 bits per heavy atom. The summed E-state index contributed by atoms with van der Waals surface area (Å²) in [5, 5.41) is 18.2. The van der Waals surface area contributed by atoms with Gasteiger partial charge in [0.15, 0.2) is 0 Å². The minimum absolute atomic E-state index is 0.0463. The number of hydrogen-bond acceptors (Lipinski definition) is 7. The van der Waals surface area contributed by atoms with E-state index in [0.717, 1.165) is 16.5 Å². The highest BCUT2D eigenvalue weighted by molar-refractivity contribution is 7.98. The summed E-state index contributed by atoms with van der Waals surface area (Å²) in [6.45, 7) is 3.70. The minimum Gasteiger partial charge on any atom is -0.480 e. The van der Waals surface area contributed by atoms with E-state index in [9.17, 15) is 24.3 Å². The summed E-state index contributed by atoms with van der Waals surface area (Å²) in [5.74, 6) is -2.26. The number of fused-ring (bicyclic) bond motifs is 1. The maximum atomic E-state index is 13.1. The molecule has 204 valence electrons. The van der Waals surface area contributed by atoms with E-state index in [1.54, 1.807) is 0 Å². The van der Waals surface area contributed by atoms with E-state index in [4.69, 9.17) is 5.73 Å². The Morgan fingerprint density at radius 1 is 1.03 bits per heavy atom. The van der Waals surface area contributed by atoms with Crippen LogP contribution in [0.5, 0.6) is 0 Å². The first kappa shape index (κ1) is 30.5. The summed E-state index contributed by atoms with van der Waals surface area (Å²) < 4.78 is 0. The van der Waals surface area contributed by atoms with Crippen LogP contribution in [0.2, 0.25) is 0 Å². The second-order valence-corrected chi connectivity index (χ2v) is 10.6. The third-order valence-electron chi connectivity index (χ3n) is 5.83. The van der Waals surface area contributed by atoms with Crippen molar-refractivity contribution >= 4 is 59.0 Å². The SMILES string of the molecule is CSCCC(NC(=O)C(N)Cc1c[nH]c2ccccc12)C(=O)NC(CS)C(=O)NC(CC(C)C)C(=O)O. The summed E-state index contributed by atoms with van der Waals surface area (Å²) in [4.78, 5) is 53.3. The molecule has 0 radical (unpaired) electrons. The van der Waals surface area contributed by atoms with Crippen LogP contribution in [0.25, 0.3) is 10.9 Å². The highest BCUT2D eigenvalue weighted by Gasteiger charge is 2.30. The number of thiol groups is 1. The van der Waals surface area contributed by atoms with Crippen molar-refractivity contribution in [3.63, 3.8) is 0 Å². The molecule has 4 atom stereocenters. The average molecular weight is 552 g/mol. The zero-order valence-corrected chi connectivity index (χ0v) is 23.0. The molecule has 1 aromatic carbocycles. The highest BCUT2D eigenvalue weighted by Crippen LogP contribution is 2.19. The second kappa shape index (κ2) is 14.9. The van der Waals surface area contributed by atoms with Gasteiger partial charge in [0, 0.05) is 22.9 Å². The van der Waals surface area contributed by atoms with E-state index < -0.39 is 47.9 Å². The number of para-hydroxylation sites is 1. The molecule has 1 heterocycles. The van der Waals surface area contributed by atoms with Gasteiger partial charge in [0.1, 0.15) is 18.1 Å². The van der Waals surface area contributed by atoms with Crippen molar-refractivity contribution in [2.45, 2.75) is 57.3 Å². The molecule has 7 N–H and O–H groups in total. The molecular weight excluding hydrogens is 514 g/mol. The summed E-state index contributed by atoms with van der Waals surface area (Å²) in [6, 6.07) is 3.73. The maximum absolute atomic E-state index is 13.1. The van der Waals surface area contributed by atoms with Crippen LogP contribution in [0.15, 0.2) is 30.5 Å². The van der Waals surface area contributed by atoms with Crippen LogP contribution in [-0.2, 0) is 25.6 Å². The molecule has 2 rings (SSSR count). The van der Waals surface area contributed by atoms with Gasteiger partial charge in [-0.2, -0.15) is 24.4 Å². The number of carboxylic acids is 1. The molecule has 10 nitrogen and oxygen atoms in total. The fourth-order valence-electron chi connectivity index (χ4n) is 3.85. The number of carbonyl (C=O) groups excluding carboxylic acids is 3. The van der Waals surface area contributed by atoms with E-state index >= 15 is 0 Å². The third kappa shape index (κ3) is 9.28. The van der Waals surface area contributed by atoms with E-state index in [0.29, 0.717) is 12.2 Å². The molecule has 0 aliphatic heterocycles. The fraction of sp³-hybridized carbons (Fsp3) is 0.520.